The molecule has 4 rings (SSSR count). The second-order valence-corrected chi connectivity index (χ2v) is 6.97. The minimum Gasteiger partial charge on any atom is -0.353 e. The Bertz CT molecular complexity index is 922. The monoisotopic (exact) mass is 379 g/mol. The van der Waals surface area contributed by atoms with Crippen LogP contribution in [0.15, 0.2) is 24.5 Å². The van der Waals surface area contributed by atoms with Gasteiger partial charge >= 0.3 is 0 Å². The Hall–Kier alpha value is -1.92. The Kier molecular flexibility index (Phi) is 4.25. The zero-order valence-electron chi connectivity index (χ0n) is 13.6. The van der Waals surface area contributed by atoms with Crippen molar-refractivity contribution in [3.63, 3.8) is 0 Å². The molecule has 0 radical (unpaired) electrons. The molecular formula is C17H16Cl2FN5. The van der Waals surface area contributed by atoms with Crippen LogP contribution < -0.4 is 4.90 Å². The molecule has 5 nitrogen and oxygen atoms in total. The first-order chi connectivity index (χ1) is 12.1. The molecule has 2 aromatic heterocycles. The number of anilines is 1. The first-order valence-corrected chi connectivity index (χ1v) is 8.93. The molecule has 0 amide bonds. The topological polar surface area (TPSA) is 46.3 Å². The number of halogens is 3. The van der Waals surface area contributed by atoms with Crippen LogP contribution >= 0.6 is 23.2 Å². The summed E-state index contributed by atoms with van der Waals surface area (Å²) in [6.45, 7) is 2.97. The van der Waals surface area contributed by atoms with Gasteiger partial charge < -0.3 is 4.90 Å². The van der Waals surface area contributed by atoms with Gasteiger partial charge in [-0.2, -0.15) is 19.6 Å². The number of piperidine rings is 1. The van der Waals surface area contributed by atoms with Gasteiger partial charge in [0.05, 0.1) is 10.6 Å². The lowest BCUT2D eigenvalue weighted by atomic mass is 10.0. The van der Waals surface area contributed by atoms with Gasteiger partial charge in [0.25, 0.3) is 5.78 Å². The van der Waals surface area contributed by atoms with Crippen LogP contribution in [0.25, 0.3) is 16.9 Å². The van der Waals surface area contributed by atoms with Gasteiger partial charge in [-0.15, -0.1) is 0 Å². The van der Waals surface area contributed by atoms with Gasteiger partial charge in [-0.1, -0.05) is 29.3 Å². The molecule has 1 aliphatic heterocycles. The molecule has 0 aliphatic carbocycles. The maximum Gasteiger partial charge on any atom is 0.255 e. The van der Waals surface area contributed by atoms with Crippen LogP contribution in [-0.2, 0) is 0 Å². The number of hydrogen-bond acceptors (Lipinski definition) is 4. The van der Waals surface area contributed by atoms with Crippen molar-refractivity contribution in [3.05, 3.63) is 40.5 Å². The summed E-state index contributed by atoms with van der Waals surface area (Å²) in [6.07, 6.45) is 4.67. The van der Waals surface area contributed by atoms with Gasteiger partial charge in [-0.05, 0) is 38.3 Å². The molecule has 1 aromatic carbocycles. The summed E-state index contributed by atoms with van der Waals surface area (Å²) in [7, 11) is 0. The van der Waals surface area contributed by atoms with Gasteiger partial charge in [-0.25, -0.2) is 4.39 Å². The Labute approximate surface area is 154 Å². The predicted molar refractivity (Wildman–Crippen MR) is 96.9 cm³/mol. The summed E-state index contributed by atoms with van der Waals surface area (Å²) < 4.78 is 16.3. The molecule has 0 saturated carbocycles. The number of rotatable bonds is 2. The third-order valence-electron chi connectivity index (χ3n) is 4.65. The van der Waals surface area contributed by atoms with E-state index in [1.807, 2.05) is 0 Å². The van der Waals surface area contributed by atoms with Gasteiger partial charge in [0, 0.05) is 18.2 Å². The fourth-order valence-corrected chi connectivity index (χ4v) is 3.94. The van der Waals surface area contributed by atoms with E-state index < -0.39 is 5.82 Å². The Morgan fingerprint density at radius 2 is 2.04 bits per heavy atom. The van der Waals surface area contributed by atoms with E-state index in [0.29, 0.717) is 17.2 Å². The van der Waals surface area contributed by atoms with Gasteiger partial charge in [0.2, 0.25) is 0 Å². The maximum absolute atomic E-state index is 14.7. The number of nitrogens with zero attached hydrogens (tertiary/aromatic N) is 5. The molecule has 25 heavy (non-hydrogen) atoms. The summed E-state index contributed by atoms with van der Waals surface area (Å²) in [5, 5.41) is 4.75. The molecule has 0 N–H and O–H groups in total. The minimum absolute atomic E-state index is 0.167. The number of benzene rings is 1. The predicted octanol–water partition coefficient (Wildman–Crippen LogP) is 4.62. The molecule has 0 bridgehead atoms. The maximum atomic E-state index is 14.7. The van der Waals surface area contributed by atoms with Crippen LogP contribution in [0.2, 0.25) is 10.2 Å². The highest BCUT2D eigenvalue weighted by atomic mass is 35.5. The quantitative estimate of drug-likeness (QED) is 0.609. The normalized spacial score (nSPS) is 18.1. The van der Waals surface area contributed by atoms with E-state index in [-0.39, 0.29) is 21.8 Å². The summed E-state index contributed by atoms with van der Waals surface area (Å²) in [5.74, 6) is 0.627. The third-order valence-corrected chi connectivity index (χ3v) is 5.23. The number of aromatic nitrogens is 4. The van der Waals surface area contributed by atoms with E-state index in [1.54, 1.807) is 16.6 Å². The fourth-order valence-electron chi connectivity index (χ4n) is 3.43. The summed E-state index contributed by atoms with van der Waals surface area (Å²) in [6, 6.07) is 4.85. The standard InChI is InChI=1S/C17H16Cl2FN5/c1-10-5-2-3-8-24(10)16-14(13-11(18)6-4-7-12(13)20)15(19)23-17-21-9-22-25(16)17/h4,6-7,9-10H,2-3,5,8H2,1H3. The summed E-state index contributed by atoms with van der Waals surface area (Å²) in [4.78, 5) is 10.6. The van der Waals surface area contributed by atoms with E-state index in [4.69, 9.17) is 23.2 Å². The van der Waals surface area contributed by atoms with Crippen molar-refractivity contribution < 1.29 is 4.39 Å². The van der Waals surface area contributed by atoms with Crippen LogP contribution in [0.4, 0.5) is 10.2 Å². The largest absolute Gasteiger partial charge is 0.353 e. The molecule has 3 aromatic rings. The SMILES string of the molecule is CC1CCCCN1c1c(-c2c(F)cccc2Cl)c(Cl)nc2ncnn12. The second kappa shape index (κ2) is 6.42. The summed E-state index contributed by atoms with van der Waals surface area (Å²) in [5.41, 5.74) is 0.698. The Balaban J connectivity index is 2.07. The highest BCUT2D eigenvalue weighted by molar-refractivity contribution is 6.36. The lowest BCUT2D eigenvalue weighted by molar-refractivity contribution is 0.478. The van der Waals surface area contributed by atoms with E-state index in [1.165, 1.54) is 12.4 Å². The highest BCUT2D eigenvalue weighted by Gasteiger charge is 2.29. The highest BCUT2D eigenvalue weighted by Crippen LogP contribution is 2.42. The van der Waals surface area contributed by atoms with E-state index >= 15 is 0 Å². The molecule has 3 heterocycles. The van der Waals surface area contributed by atoms with Gasteiger partial charge in [0.15, 0.2) is 0 Å². The average molecular weight is 380 g/mol. The lowest BCUT2D eigenvalue weighted by Gasteiger charge is -2.36. The third kappa shape index (κ3) is 2.73. The lowest BCUT2D eigenvalue weighted by Crippen LogP contribution is -2.39. The van der Waals surface area contributed by atoms with Crippen LogP contribution in [0, 0.1) is 5.82 Å². The van der Waals surface area contributed by atoms with Gasteiger partial charge in [-0.3, -0.25) is 0 Å². The molecule has 1 atom stereocenters. The molecular weight excluding hydrogens is 364 g/mol. The number of hydrogen-bond donors (Lipinski definition) is 0. The van der Waals surface area contributed by atoms with Crippen molar-refractivity contribution in [2.75, 3.05) is 11.4 Å². The van der Waals surface area contributed by atoms with E-state index in [0.717, 1.165) is 25.8 Å². The van der Waals surface area contributed by atoms with Crippen LogP contribution in [-0.4, -0.2) is 32.2 Å². The molecule has 0 spiro atoms. The first-order valence-electron chi connectivity index (χ1n) is 8.18. The van der Waals surface area contributed by atoms with Crippen molar-refractivity contribution in [3.8, 4) is 11.1 Å². The molecule has 1 aliphatic rings. The first kappa shape index (κ1) is 16.5. The Morgan fingerprint density at radius 1 is 1.20 bits per heavy atom. The van der Waals surface area contributed by atoms with E-state index in [9.17, 15) is 4.39 Å². The fraction of sp³-hybridized carbons (Fsp3) is 0.353. The van der Waals surface area contributed by atoms with Crippen LogP contribution in [0.1, 0.15) is 26.2 Å². The molecule has 130 valence electrons. The van der Waals surface area contributed by atoms with Crippen molar-refractivity contribution in [1.82, 2.24) is 19.6 Å². The van der Waals surface area contributed by atoms with Crippen LogP contribution in [0.5, 0.6) is 0 Å². The van der Waals surface area contributed by atoms with Crippen molar-refractivity contribution in [1.29, 1.82) is 0 Å². The smallest absolute Gasteiger partial charge is 0.255 e. The van der Waals surface area contributed by atoms with Crippen molar-refractivity contribution in [2.45, 2.75) is 32.2 Å². The molecule has 8 heteroatoms. The molecule has 1 saturated heterocycles. The summed E-state index contributed by atoms with van der Waals surface area (Å²) >= 11 is 12.8. The zero-order chi connectivity index (χ0) is 17.6. The number of fused-ring (bicyclic) bond motifs is 1. The van der Waals surface area contributed by atoms with E-state index in [2.05, 4.69) is 26.9 Å². The van der Waals surface area contributed by atoms with Crippen molar-refractivity contribution in [2.24, 2.45) is 0 Å². The minimum atomic E-state index is -0.443. The van der Waals surface area contributed by atoms with Crippen molar-refractivity contribution >= 4 is 34.8 Å². The molecule has 1 fully saturated rings. The van der Waals surface area contributed by atoms with Gasteiger partial charge in [0.1, 0.15) is 23.1 Å². The molecule has 1 unspecified atom stereocenters. The zero-order valence-corrected chi connectivity index (χ0v) is 15.1. The Morgan fingerprint density at radius 3 is 2.80 bits per heavy atom. The second-order valence-electron chi connectivity index (χ2n) is 6.21. The average Bonchev–Trinajstić information content (AvgIpc) is 3.03. The van der Waals surface area contributed by atoms with Crippen LogP contribution in [0.3, 0.4) is 0 Å².